The Bertz CT molecular complexity index is 1860. The first kappa shape index (κ1) is 28.4. The minimum atomic E-state index is -0.734. The Morgan fingerprint density at radius 1 is 1.07 bits per heavy atom. The van der Waals surface area contributed by atoms with E-state index in [1.54, 1.807) is 18.4 Å². The molecule has 2 aromatic carbocycles. The first-order valence-corrected chi connectivity index (χ1v) is 14.6. The predicted octanol–water partition coefficient (Wildman–Crippen LogP) is 5.30. The summed E-state index contributed by atoms with van der Waals surface area (Å²) in [5.74, 6) is 0.120. The van der Waals surface area contributed by atoms with Gasteiger partial charge in [0.2, 0.25) is 0 Å². The van der Waals surface area contributed by atoms with Gasteiger partial charge in [0.25, 0.3) is 5.56 Å². The molecule has 3 heterocycles. The summed E-state index contributed by atoms with van der Waals surface area (Å²) < 4.78 is 15.9. The molecular formula is C33H35N3O4S. The van der Waals surface area contributed by atoms with Gasteiger partial charge in [0.15, 0.2) is 4.80 Å². The monoisotopic (exact) mass is 569 g/mol. The van der Waals surface area contributed by atoms with Gasteiger partial charge < -0.3 is 14.0 Å². The molecule has 2 aromatic heterocycles. The van der Waals surface area contributed by atoms with Crippen molar-refractivity contribution in [1.29, 1.82) is 0 Å². The highest BCUT2D eigenvalue weighted by atomic mass is 32.1. The molecule has 0 radical (unpaired) electrons. The normalized spacial score (nSPS) is 15.2. The number of carbonyl (C=O) groups excluding carboxylic acids is 1. The number of nitrogens with zero attached hydrogens (tertiary/aromatic N) is 3. The first-order chi connectivity index (χ1) is 19.6. The molecule has 1 aliphatic heterocycles. The van der Waals surface area contributed by atoms with Crippen LogP contribution in [0.3, 0.4) is 0 Å². The average Bonchev–Trinajstić information content (AvgIpc) is 3.37. The van der Waals surface area contributed by atoms with Gasteiger partial charge in [-0.3, -0.25) is 9.36 Å². The van der Waals surface area contributed by atoms with E-state index in [0.29, 0.717) is 31.9 Å². The molecule has 0 saturated carbocycles. The van der Waals surface area contributed by atoms with Crippen LogP contribution in [0.25, 0.3) is 11.8 Å². The Labute approximate surface area is 243 Å². The number of fused-ring (bicyclic) bond motifs is 1. The zero-order valence-corrected chi connectivity index (χ0v) is 25.3. The summed E-state index contributed by atoms with van der Waals surface area (Å²) in [6.07, 6.45) is 1.84. The number of ether oxygens (including phenoxy) is 2. The van der Waals surface area contributed by atoms with Gasteiger partial charge in [-0.1, -0.05) is 41.7 Å². The summed E-state index contributed by atoms with van der Waals surface area (Å²) >= 11 is 1.32. The molecule has 41 heavy (non-hydrogen) atoms. The second-order valence-corrected chi connectivity index (χ2v) is 11.5. The van der Waals surface area contributed by atoms with Crippen molar-refractivity contribution in [3.05, 3.63) is 114 Å². The Hall–Kier alpha value is -4.17. The van der Waals surface area contributed by atoms with Crippen LogP contribution in [0.15, 0.2) is 75.7 Å². The minimum absolute atomic E-state index is 0.0910. The third kappa shape index (κ3) is 5.32. The Morgan fingerprint density at radius 3 is 2.54 bits per heavy atom. The molecule has 0 aliphatic carbocycles. The van der Waals surface area contributed by atoms with Crippen molar-refractivity contribution in [3.63, 3.8) is 0 Å². The van der Waals surface area contributed by atoms with Gasteiger partial charge in [-0.15, -0.1) is 0 Å². The molecule has 0 N–H and O–H groups in total. The first-order valence-electron chi connectivity index (χ1n) is 13.8. The zero-order chi connectivity index (χ0) is 29.4. The third-order valence-electron chi connectivity index (χ3n) is 7.11. The topological polar surface area (TPSA) is 74.8 Å². The lowest BCUT2D eigenvalue weighted by Crippen LogP contribution is -2.40. The van der Waals surface area contributed by atoms with E-state index in [1.165, 1.54) is 16.9 Å². The lowest BCUT2D eigenvalue weighted by atomic mass is 9.95. The second kappa shape index (κ2) is 11.4. The van der Waals surface area contributed by atoms with Crippen molar-refractivity contribution in [2.24, 2.45) is 4.99 Å². The highest BCUT2D eigenvalue weighted by Gasteiger charge is 2.35. The van der Waals surface area contributed by atoms with Gasteiger partial charge in [0.05, 0.1) is 28.5 Å². The number of hydrogen-bond acceptors (Lipinski definition) is 6. The number of aryl methyl sites for hydroxylation is 2. The molecule has 7 nitrogen and oxygen atoms in total. The number of esters is 1. The lowest BCUT2D eigenvalue weighted by molar-refractivity contribution is -0.139. The summed E-state index contributed by atoms with van der Waals surface area (Å²) in [7, 11) is 0. The number of benzene rings is 2. The molecule has 1 atom stereocenters. The highest BCUT2D eigenvalue weighted by molar-refractivity contribution is 7.07. The Morgan fingerprint density at radius 2 is 1.83 bits per heavy atom. The summed E-state index contributed by atoms with van der Waals surface area (Å²) in [6, 6.07) is 17.2. The van der Waals surface area contributed by atoms with Gasteiger partial charge in [0, 0.05) is 22.6 Å². The number of hydrogen-bond donors (Lipinski definition) is 0. The maximum absolute atomic E-state index is 14.1. The Balaban J connectivity index is 1.72. The third-order valence-corrected chi connectivity index (χ3v) is 8.09. The van der Waals surface area contributed by atoms with E-state index in [-0.39, 0.29) is 18.3 Å². The maximum atomic E-state index is 14.1. The summed E-state index contributed by atoms with van der Waals surface area (Å²) in [6.45, 7) is 13.9. The van der Waals surface area contributed by atoms with Crippen LogP contribution < -0.4 is 19.6 Å². The standard InChI is InChI=1S/C33H35N3O4S/c1-8-39-32(38)29-22(6)34-33-36(30(29)26-14-9-10-15-27(26)40-19(2)3)31(37)28(41-33)18-24-17-21(5)35(23(24)7)25-13-11-12-20(4)16-25/h9-19,30H,8H2,1-7H3/b28-18+/t30-/m1/s1. The maximum Gasteiger partial charge on any atom is 0.338 e. The highest BCUT2D eigenvalue weighted by Crippen LogP contribution is 2.36. The molecule has 5 rings (SSSR count). The van der Waals surface area contributed by atoms with Gasteiger partial charge >= 0.3 is 5.97 Å². The average molecular weight is 570 g/mol. The van der Waals surface area contributed by atoms with E-state index in [4.69, 9.17) is 14.5 Å². The zero-order valence-electron chi connectivity index (χ0n) is 24.5. The Kier molecular flexibility index (Phi) is 7.87. The van der Waals surface area contributed by atoms with Crippen molar-refractivity contribution < 1.29 is 14.3 Å². The lowest BCUT2D eigenvalue weighted by Gasteiger charge is -2.26. The smallest absolute Gasteiger partial charge is 0.338 e. The predicted molar refractivity (Wildman–Crippen MR) is 163 cm³/mol. The van der Waals surface area contributed by atoms with Crippen LogP contribution in [0.5, 0.6) is 5.75 Å². The van der Waals surface area contributed by atoms with Gasteiger partial charge in [-0.25, -0.2) is 9.79 Å². The van der Waals surface area contributed by atoms with Gasteiger partial charge in [-0.2, -0.15) is 0 Å². The molecule has 0 bridgehead atoms. The van der Waals surface area contributed by atoms with Gasteiger partial charge in [-0.05, 0) is 89.9 Å². The van der Waals surface area contributed by atoms with Crippen molar-refractivity contribution in [1.82, 2.24) is 9.13 Å². The summed E-state index contributed by atoms with van der Waals surface area (Å²) in [5.41, 5.74) is 6.69. The van der Waals surface area contributed by atoms with Crippen LogP contribution in [0.4, 0.5) is 0 Å². The quantitative estimate of drug-likeness (QED) is 0.283. The molecule has 4 aromatic rings. The van der Waals surface area contributed by atoms with Crippen LogP contribution in [0.1, 0.15) is 61.8 Å². The molecule has 0 saturated heterocycles. The second-order valence-electron chi connectivity index (χ2n) is 10.5. The van der Waals surface area contributed by atoms with Crippen molar-refractivity contribution in [3.8, 4) is 11.4 Å². The van der Waals surface area contributed by atoms with E-state index in [1.807, 2.05) is 50.3 Å². The molecule has 1 aliphatic rings. The van der Waals surface area contributed by atoms with E-state index in [0.717, 1.165) is 22.6 Å². The van der Waals surface area contributed by atoms with Crippen molar-refractivity contribution in [2.45, 2.75) is 60.6 Å². The molecule has 0 unspecified atom stereocenters. The van der Waals surface area contributed by atoms with E-state index in [2.05, 4.69) is 49.6 Å². The minimum Gasteiger partial charge on any atom is -0.491 e. The molecule has 0 fully saturated rings. The van der Waals surface area contributed by atoms with Crippen LogP contribution in [-0.4, -0.2) is 27.8 Å². The molecular weight excluding hydrogens is 534 g/mol. The molecule has 212 valence electrons. The fourth-order valence-corrected chi connectivity index (χ4v) is 6.43. The van der Waals surface area contributed by atoms with E-state index in [9.17, 15) is 9.59 Å². The number of thiazole rings is 1. The summed E-state index contributed by atoms with van der Waals surface area (Å²) in [5, 5.41) is 0. The largest absolute Gasteiger partial charge is 0.491 e. The summed E-state index contributed by atoms with van der Waals surface area (Å²) in [4.78, 5) is 32.7. The number of para-hydroxylation sites is 1. The van der Waals surface area contributed by atoms with Crippen LogP contribution in [0.2, 0.25) is 0 Å². The fourth-order valence-electron chi connectivity index (χ4n) is 5.39. The number of carbonyl (C=O) groups is 1. The van der Waals surface area contributed by atoms with E-state index >= 15 is 0 Å². The van der Waals surface area contributed by atoms with Crippen LogP contribution in [-0.2, 0) is 9.53 Å². The van der Waals surface area contributed by atoms with E-state index < -0.39 is 12.0 Å². The number of rotatable bonds is 7. The van der Waals surface area contributed by atoms with Crippen LogP contribution >= 0.6 is 11.3 Å². The van der Waals surface area contributed by atoms with Crippen LogP contribution in [0, 0.1) is 20.8 Å². The molecule has 8 heteroatoms. The number of allylic oxidation sites excluding steroid dienone is 1. The fraction of sp³-hybridized carbons (Fsp3) is 0.303. The SMILES string of the molecule is CCOC(=O)C1=C(C)N=c2s/c(=C/c3cc(C)n(-c4cccc(C)c4)c3C)c(=O)n2[C@@H]1c1ccccc1OC(C)C. The molecule has 0 amide bonds. The van der Waals surface area contributed by atoms with Crippen molar-refractivity contribution >= 4 is 23.4 Å². The van der Waals surface area contributed by atoms with Crippen molar-refractivity contribution in [2.75, 3.05) is 6.61 Å². The number of aromatic nitrogens is 2. The molecule has 0 spiro atoms. The van der Waals surface area contributed by atoms with Gasteiger partial charge in [0.1, 0.15) is 11.8 Å².